The summed E-state index contributed by atoms with van der Waals surface area (Å²) in [4.78, 5) is 0. The van der Waals surface area contributed by atoms with Crippen molar-refractivity contribution in [3.05, 3.63) is 0 Å². The SMILES string of the molecule is CC(CCl)NS(=O)(=O)C(F)F. The maximum atomic E-state index is 11.6. The topological polar surface area (TPSA) is 46.2 Å². The Balaban J connectivity index is 4.15. The minimum absolute atomic E-state index is 0.0358. The van der Waals surface area contributed by atoms with Crippen molar-refractivity contribution >= 4 is 21.6 Å². The Bertz CT molecular complexity index is 206. The second kappa shape index (κ2) is 4.18. The summed E-state index contributed by atoms with van der Waals surface area (Å²) in [6, 6.07) is -0.671. The average molecular weight is 208 g/mol. The Hall–Kier alpha value is 0.0600. The van der Waals surface area contributed by atoms with Gasteiger partial charge in [0.2, 0.25) is 0 Å². The van der Waals surface area contributed by atoms with E-state index < -0.39 is 21.8 Å². The quantitative estimate of drug-likeness (QED) is 0.692. The number of halogens is 3. The molecule has 0 aromatic rings. The minimum Gasteiger partial charge on any atom is -0.206 e. The molecule has 0 spiro atoms. The number of hydrogen-bond acceptors (Lipinski definition) is 2. The van der Waals surface area contributed by atoms with Crippen molar-refractivity contribution in [1.29, 1.82) is 0 Å². The number of nitrogens with one attached hydrogen (secondary N) is 1. The van der Waals surface area contributed by atoms with E-state index in [1.807, 2.05) is 0 Å². The zero-order valence-electron chi connectivity index (χ0n) is 5.72. The molecule has 0 bridgehead atoms. The lowest BCUT2D eigenvalue weighted by Gasteiger charge is -2.09. The number of rotatable bonds is 4. The van der Waals surface area contributed by atoms with Gasteiger partial charge >= 0.3 is 5.76 Å². The molecule has 1 atom stereocenters. The number of alkyl halides is 3. The average Bonchev–Trinajstić information content (AvgIpc) is 1.86. The summed E-state index contributed by atoms with van der Waals surface area (Å²) < 4.78 is 45.7. The predicted molar refractivity (Wildman–Crippen MR) is 38.2 cm³/mol. The molecule has 3 nitrogen and oxygen atoms in total. The summed E-state index contributed by atoms with van der Waals surface area (Å²) in [5.41, 5.74) is 0. The zero-order valence-corrected chi connectivity index (χ0v) is 7.29. The molecule has 1 N–H and O–H groups in total. The molecular weight excluding hydrogens is 200 g/mol. The molecule has 0 amide bonds. The van der Waals surface area contributed by atoms with Crippen LogP contribution in [0.25, 0.3) is 0 Å². The van der Waals surface area contributed by atoms with Crippen LogP contribution in [0, 0.1) is 0 Å². The van der Waals surface area contributed by atoms with Gasteiger partial charge in [0.1, 0.15) is 0 Å². The van der Waals surface area contributed by atoms with Crippen molar-refractivity contribution in [2.45, 2.75) is 18.7 Å². The van der Waals surface area contributed by atoms with Crippen LogP contribution in [0.2, 0.25) is 0 Å². The molecule has 0 saturated heterocycles. The maximum absolute atomic E-state index is 11.6. The summed E-state index contributed by atoms with van der Waals surface area (Å²) in [7, 11) is -4.48. The Kier molecular flexibility index (Phi) is 4.20. The van der Waals surface area contributed by atoms with E-state index in [0.29, 0.717) is 0 Å². The normalized spacial score (nSPS) is 15.4. The first-order valence-electron chi connectivity index (χ1n) is 2.75. The molecule has 0 fully saturated rings. The van der Waals surface area contributed by atoms with Crippen LogP contribution in [-0.4, -0.2) is 26.1 Å². The third kappa shape index (κ3) is 3.83. The lowest BCUT2D eigenvalue weighted by Crippen LogP contribution is -2.37. The van der Waals surface area contributed by atoms with E-state index in [2.05, 4.69) is 0 Å². The van der Waals surface area contributed by atoms with Crippen LogP contribution in [0.3, 0.4) is 0 Å². The van der Waals surface area contributed by atoms with E-state index >= 15 is 0 Å². The fourth-order valence-corrected chi connectivity index (χ4v) is 1.28. The van der Waals surface area contributed by atoms with E-state index in [-0.39, 0.29) is 5.88 Å². The molecular formula is C4H8ClF2NO2S. The minimum atomic E-state index is -4.48. The highest BCUT2D eigenvalue weighted by molar-refractivity contribution is 7.89. The van der Waals surface area contributed by atoms with Gasteiger partial charge in [0.25, 0.3) is 10.0 Å². The van der Waals surface area contributed by atoms with Gasteiger partial charge in [0.05, 0.1) is 0 Å². The Morgan fingerprint density at radius 1 is 1.55 bits per heavy atom. The smallest absolute Gasteiger partial charge is 0.206 e. The third-order valence-corrected chi connectivity index (χ3v) is 2.49. The summed E-state index contributed by atoms with van der Waals surface area (Å²) in [6.45, 7) is 1.40. The molecule has 0 aliphatic carbocycles. The van der Waals surface area contributed by atoms with Crippen molar-refractivity contribution in [2.24, 2.45) is 0 Å². The maximum Gasteiger partial charge on any atom is 0.350 e. The Labute approximate surface area is 68.8 Å². The highest BCUT2D eigenvalue weighted by atomic mass is 35.5. The lowest BCUT2D eigenvalue weighted by molar-refractivity contribution is 0.232. The first kappa shape index (κ1) is 11.1. The molecule has 0 heterocycles. The summed E-state index contributed by atoms with van der Waals surface area (Å²) >= 11 is 5.19. The van der Waals surface area contributed by atoms with Gasteiger partial charge in [-0.2, -0.15) is 8.78 Å². The van der Waals surface area contributed by atoms with Crippen LogP contribution in [-0.2, 0) is 10.0 Å². The summed E-state index contributed by atoms with van der Waals surface area (Å²) in [6.07, 6.45) is 0. The molecule has 0 aromatic carbocycles. The van der Waals surface area contributed by atoms with Crippen LogP contribution in [0.15, 0.2) is 0 Å². The van der Waals surface area contributed by atoms with Gasteiger partial charge in [0, 0.05) is 11.9 Å². The summed E-state index contributed by atoms with van der Waals surface area (Å²) in [5.74, 6) is -3.43. The monoisotopic (exact) mass is 207 g/mol. The second-order valence-electron chi connectivity index (χ2n) is 1.98. The van der Waals surface area contributed by atoms with Gasteiger partial charge < -0.3 is 0 Å². The fourth-order valence-electron chi connectivity index (χ4n) is 0.363. The van der Waals surface area contributed by atoms with Crippen molar-refractivity contribution in [2.75, 3.05) is 5.88 Å². The first-order valence-corrected chi connectivity index (χ1v) is 4.83. The largest absolute Gasteiger partial charge is 0.350 e. The van der Waals surface area contributed by atoms with E-state index in [1.54, 1.807) is 4.72 Å². The van der Waals surface area contributed by atoms with Crippen LogP contribution in [0.5, 0.6) is 0 Å². The van der Waals surface area contributed by atoms with Crippen LogP contribution in [0.4, 0.5) is 8.78 Å². The van der Waals surface area contributed by atoms with Crippen LogP contribution in [0.1, 0.15) is 6.92 Å². The first-order chi connectivity index (χ1) is 4.90. The van der Waals surface area contributed by atoms with Crippen LogP contribution < -0.4 is 4.72 Å². The Morgan fingerprint density at radius 3 is 2.27 bits per heavy atom. The van der Waals surface area contributed by atoms with E-state index in [9.17, 15) is 17.2 Å². The molecule has 11 heavy (non-hydrogen) atoms. The molecule has 68 valence electrons. The zero-order chi connectivity index (χ0) is 9.07. The van der Waals surface area contributed by atoms with Gasteiger partial charge in [-0.3, -0.25) is 0 Å². The van der Waals surface area contributed by atoms with Crippen LogP contribution >= 0.6 is 11.6 Å². The second-order valence-corrected chi connectivity index (χ2v) is 3.97. The highest BCUT2D eigenvalue weighted by Gasteiger charge is 2.24. The van der Waals surface area contributed by atoms with Crippen molar-refractivity contribution in [1.82, 2.24) is 4.72 Å². The van der Waals surface area contributed by atoms with E-state index in [0.717, 1.165) is 0 Å². The standard InChI is InChI=1S/C4H8ClF2NO2S/c1-3(2-5)8-11(9,10)4(6)7/h3-4,8H,2H2,1H3. The van der Waals surface area contributed by atoms with Gasteiger partial charge in [-0.25, -0.2) is 13.1 Å². The molecule has 0 aromatic heterocycles. The van der Waals surface area contributed by atoms with Crippen molar-refractivity contribution in [3.63, 3.8) is 0 Å². The van der Waals surface area contributed by atoms with E-state index in [1.165, 1.54) is 6.92 Å². The van der Waals surface area contributed by atoms with E-state index in [4.69, 9.17) is 11.6 Å². The highest BCUT2D eigenvalue weighted by Crippen LogP contribution is 2.03. The predicted octanol–water partition coefficient (Wildman–Crippen LogP) is 0.756. The summed E-state index contributed by atoms with van der Waals surface area (Å²) in [5, 5.41) is 0. The fraction of sp³-hybridized carbons (Fsp3) is 1.00. The van der Waals surface area contributed by atoms with Crippen molar-refractivity contribution in [3.8, 4) is 0 Å². The van der Waals surface area contributed by atoms with Gasteiger partial charge in [-0.15, -0.1) is 11.6 Å². The Morgan fingerprint density at radius 2 is 2.00 bits per heavy atom. The molecule has 0 rings (SSSR count). The molecule has 1 unspecified atom stereocenters. The number of hydrogen-bond donors (Lipinski definition) is 1. The molecule has 0 radical (unpaired) electrons. The number of sulfonamides is 1. The molecule has 0 aliphatic rings. The third-order valence-electron chi connectivity index (χ3n) is 0.831. The van der Waals surface area contributed by atoms with Gasteiger partial charge in [-0.05, 0) is 6.92 Å². The van der Waals surface area contributed by atoms with Gasteiger partial charge in [-0.1, -0.05) is 0 Å². The molecule has 0 aliphatic heterocycles. The molecule has 0 saturated carbocycles. The van der Waals surface area contributed by atoms with Crippen molar-refractivity contribution < 1.29 is 17.2 Å². The van der Waals surface area contributed by atoms with Gasteiger partial charge in [0.15, 0.2) is 0 Å². The molecule has 7 heteroatoms. The lowest BCUT2D eigenvalue weighted by atomic mass is 10.4.